The maximum Gasteiger partial charge on any atom is 0.159 e. The van der Waals surface area contributed by atoms with Crippen LogP contribution in [0, 0.1) is 0 Å². The minimum atomic E-state index is 0.993. The maximum absolute atomic E-state index is 6.05. The van der Waals surface area contributed by atoms with E-state index >= 15 is 0 Å². The fraction of sp³-hybridized carbons (Fsp3) is 0.652. The zero-order valence-electron chi connectivity index (χ0n) is 17.8. The van der Waals surface area contributed by atoms with Crippen LogP contribution in [0.15, 0.2) is 34.7 Å². The van der Waals surface area contributed by atoms with E-state index in [1.165, 1.54) is 57.1 Å². The maximum atomic E-state index is 6.05. The first-order valence-electron chi connectivity index (χ1n) is 10.5. The molecule has 146 valence electrons. The molecule has 3 heteroatoms. The lowest BCUT2D eigenvalue weighted by molar-refractivity contribution is -0.922. The van der Waals surface area contributed by atoms with Crippen LogP contribution in [-0.2, 0) is 6.54 Å². The molecule has 0 radical (unpaired) electrons. The van der Waals surface area contributed by atoms with E-state index in [-0.39, 0.29) is 0 Å². The number of quaternary nitrogens is 2. The van der Waals surface area contributed by atoms with Crippen LogP contribution in [0.25, 0.3) is 11.0 Å². The Morgan fingerprint density at radius 3 is 2.12 bits per heavy atom. The summed E-state index contributed by atoms with van der Waals surface area (Å²) in [5, 5.41) is 1.22. The summed E-state index contributed by atoms with van der Waals surface area (Å²) < 4.78 is 8.27. The number of furan rings is 1. The van der Waals surface area contributed by atoms with Crippen molar-refractivity contribution in [1.29, 1.82) is 0 Å². The van der Waals surface area contributed by atoms with E-state index in [1.807, 2.05) is 6.07 Å². The molecule has 0 saturated heterocycles. The Labute approximate surface area is 160 Å². The molecule has 0 aliphatic rings. The van der Waals surface area contributed by atoms with Crippen molar-refractivity contribution in [3.8, 4) is 0 Å². The fourth-order valence-electron chi connectivity index (χ4n) is 3.56. The monoisotopic (exact) mass is 360 g/mol. The predicted molar refractivity (Wildman–Crippen MR) is 112 cm³/mol. The summed E-state index contributed by atoms with van der Waals surface area (Å²) in [6, 6.07) is 10.5. The van der Waals surface area contributed by atoms with E-state index in [0.29, 0.717) is 0 Å². The third-order valence-corrected chi connectivity index (χ3v) is 6.10. The summed E-state index contributed by atoms with van der Waals surface area (Å²) >= 11 is 0. The first-order valence-corrected chi connectivity index (χ1v) is 10.5. The quantitative estimate of drug-likeness (QED) is 0.362. The van der Waals surface area contributed by atoms with E-state index in [9.17, 15) is 0 Å². The number of hydrogen-bond acceptors (Lipinski definition) is 1. The molecular weight excluding hydrogens is 320 g/mol. The van der Waals surface area contributed by atoms with E-state index in [0.717, 1.165) is 33.4 Å². The van der Waals surface area contributed by atoms with Gasteiger partial charge in [0.25, 0.3) is 0 Å². The molecule has 0 fully saturated rings. The van der Waals surface area contributed by atoms with Crippen molar-refractivity contribution in [3.05, 3.63) is 36.1 Å². The van der Waals surface area contributed by atoms with Gasteiger partial charge >= 0.3 is 0 Å². The molecule has 2 rings (SSSR count). The van der Waals surface area contributed by atoms with Gasteiger partial charge in [-0.1, -0.05) is 24.6 Å². The van der Waals surface area contributed by atoms with Gasteiger partial charge in [-0.3, -0.25) is 0 Å². The zero-order valence-corrected chi connectivity index (χ0v) is 17.8. The predicted octanol–water partition coefficient (Wildman–Crippen LogP) is 5.45. The van der Waals surface area contributed by atoms with Crippen LogP contribution in [0.4, 0.5) is 0 Å². The molecule has 3 nitrogen and oxygen atoms in total. The van der Waals surface area contributed by atoms with Crippen LogP contribution in [0.2, 0.25) is 0 Å². The molecule has 1 heterocycles. The largest absolute Gasteiger partial charge is 0.455 e. The molecule has 0 spiro atoms. The van der Waals surface area contributed by atoms with Crippen LogP contribution in [0.5, 0.6) is 0 Å². The number of nitrogens with zero attached hydrogens (tertiary/aromatic N) is 2. The molecule has 0 aliphatic heterocycles. The Kier molecular flexibility index (Phi) is 7.72. The molecule has 0 bridgehead atoms. The number of rotatable bonds is 12. The highest BCUT2D eigenvalue weighted by atomic mass is 16.3. The summed E-state index contributed by atoms with van der Waals surface area (Å²) in [6.45, 7) is 10.5. The minimum absolute atomic E-state index is 0.993. The third kappa shape index (κ3) is 6.44. The van der Waals surface area contributed by atoms with Gasteiger partial charge in [-0.25, -0.2) is 0 Å². The van der Waals surface area contributed by atoms with Crippen molar-refractivity contribution in [1.82, 2.24) is 0 Å². The van der Waals surface area contributed by atoms with Crippen molar-refractivity contribution in [3.63, 3.8) is 0 Å². The van der Waals surface area contributed by atoms with Crippen molar-refractivity contribution in [2.75, 3.05) is 47.3 Å². The molecule has 1 unspecified atom stereocenters. The van der Waals surface area contributed by atoms with Crippen molar-refractivity contribution < 1.29 is 13.4 Å². The van der Waals surface area contributed by atoms with Crippen molar-refractivity contribution in [2.45, 2.75) is 52.5 Å². The number of para-hydroxylation sites is 1. The normalized spacial score (nSPS) is 14.7. The molecule has 26 heavy (non-hydrogen) atoms. The second-order valence-electron chi connectivity index (χ2n) is 8.81. The van der Waals surface area contributed by atoms with Gasteiger partial charge in [0.15, 0.2) is 5.76 Å². The Balaban J connectivity index is 1.72. The molecule has 0 aliphatic carbocycles. The number of fused-ring (bicyclic) bond motifs is 1. The summed E-state index contributed by atoms with van der Waals surface area (Å²) in [5.74, 6) is 1.12. The van der Waals surface area contributed by atoms with E-state index in [1.54, 1.807) is 0 Å². The van der Waals surface area contributed by atoms with Crippen LogP contribution in [-0.4, -0.2) is 56.3 Å². The van der Waals surface area contributed by atoms with Crippen LogP contribution in [0.3, 0.4) is 0 Å². The molecule has 1 aromatic heterocycles. The van der Waals surface area contributed by atoms with Gasteiger partial charge in [-0.15, -0.1) is 0 Å². The summed E-state index contributed by atoms with van der Waals surface area (Å²) in [6.07, 6.45) is 6.78. The highest BCUT2D eigenvalue weighted by Gasteiger charge is 2.21. The fourth-order valence-corrected chi connectivity index (χ4v) is 3.56. The van der Waals surface area contributed by atoms with Gasteiger partial charge in [0.05, 0.1) is 47.3 Å². The zero-order chi connectivity index (χ0) is 19.0. The van der Waals surface area contributed by atoms with Crippen molar-refractivity contribution >= 4 is 11.0 Å². The summed E-state index contributed by atoms with van der Waals surface area (Å²) in [7, 11) is 7.04. The minimum Gasteiger partial charge on any atom is -0.455 e. The lowest BCUT2D eigenvalue weighted by Crippen LogP contribution is -2.43. The van der Waals surface area contributed by atoms with Gasteiger partial charge < -0.3 is 13.4 Å². The second-order valence-corrected chi connectivity index (χ2v) is 8.81. The number of unbranched alkanes of at least 4 members (excludes halogenated alkanes) is 4. The average Bonchev–Trinajstić information content (AvgIpc) is 3.02. The van der Waals surface area contributed by atoms with Gasteiger partial charge in [0, 0.05) is 5.39 Å². The molecule has 0 N–H and O–H groups in total. The standard InChI is InChI=1S/C23H40N2O/c1-6-24(3,4)17-13-9-8-10-14-18-25(5,7-2)20-22-19-21-15-11-12-16-23(21)26-22/h11-12,15-16,19H,6-10,13-14,17-18,20H2,1-5H3/q+2. The molecule has 1 atom stereocenters. The molecule has 0 saturated carbocycles. The molecule has 1 aromatic carbocycles. The highest BCUT2D eigenvalue weighted by molar-refractivity contribution is 5.77. The second kappa shape index (κ2) is 9.57. The first kappa shape index (κ1) is 21.0. The van der Waals surface area contributed by atoms with Gasteiger partial charge in [-0.05, 0) is 51.7 Å². The Hall–Kier alpha value is -1.32. The third-order valence-electron chi connectivity index (χ3n) is 6.10. The van der Waals surface area contributed by atoms with Gasteiger partial charge in [0.2, 0.25) is 0 Å². The lowest BCUT2D eigenvalue weighted by Gasteiger charge is -2.32. The van der Waals surface area contributed by atoms with Gasteiger partial charge in [-0.2, -0.15) is 0 Å². The lowest BCUT2D eigenvalue weighted by atomic mass is 10.1. The van der Waals surface area contributed by atoms with Crippen molar-refractivity contribution in [2.24, 2.45) is 0 Å². The molecular formula is C23H40N2O+2. The number of hydrogen-bond donors (Lipinski definition) is 0. The summed E-state index contributed by atoms with van der Waals surface area (Å²) in [5.41, 5.74) is 1.01. The van der Waals surface area contributed by atoms with Crippen LogP contribution < -0.4 is 0 Å². The highest BCUT2D eigenvalue weighted by Crippen LogP contribution is 2.22. The Morgan fingerprint density at radius 2 is 1.46 bits per heavy atom. The summed E-state index contributed by atoms with van der Waals surface area (Å²) in [4.78, 5) is 0. The van der Waals surface area contributed by atoms with Crippen LogP contribution in [0.1, 0.15) is 51.7 Å². The average molecular weight is 361 g/mol. The first-order chi connectivity index (χ1) is 12.4. The Morgan fingerprint density at radius 1 is 0.808 bits per heavy atom. The topological polar surface area (TPSA) is 13.1 Å². The van der Waals surface area contributed by atoms with E-state index in [2.05, 4.69) is 59.3 Å². The smallest absolute Gasteiger partial charge is 0.159 e. The van der Waals surface area contributed by atoms with E-state index in [4.69, 9.17) is 4.42 Å². The van der Waals surface area contributed by atoms with E-state index < -0.39 is 0 Å². The molecule has 2 aromatic rings. The Bertz CT molecular complexity index is 628. The molecule has 0 amide bonds. The van der Waals surface area contributed by atoms with Crippen LogP contribution >= 0.6 is 0 Å². The SMILES string of the molecule is CC[N+](C)(C)CCCCCCC[N+](C)(CC)Cc1cc2ccccc2o1. The van der Waals surface area contributed by atoms with Gasteiger partial charge in [0.1, 0.15) is 12.1 Å². The number of benzene rings is 1.